The van der Waals surface area contributed by atoms with Crippen molar-refractivity contribution >= 4 is 35.3 Å². The Morgan fingerprint density at radius 1 is 0.900 bits per heavy atom. The zero-order valence-electron chi connectivity index (χ0n) is 11.3. The van der Waals surface area contributed by atoms with Crippen LogP contribution in [-0.4, -0.2) is 9.13 Å². The van der Waals surface area contributed by atoms with Crippen LogP contribution in [0.4, 0.5) is 0 Å². The van der Waals surface area contributed by atoms with Crippen LogP contribution in [0.15, 0.2) is 48.5 Å². The molecule has 2 nitrogen and oxygen atoms in total. The largest absolute Gasteiger partial charge is 0.312 e. The summed E-state index contributed by atoms with van der Waals surface area (Å²) in [4.78, 5) is 0. The molecular formula is C16H14N2S2. The van der Waals surface area contributed by atoms with E-state index >= 15 is 0 Å². The lowest BCUT2D eigenvalue weighted by molar-refractivity contribution is 0.804. The third kappa shape index (κ3) is 2.01. The summed E-state index contributed by atoms with van der Waals surface area (Å²) in [6.45, 7) is 2.08. The van der Waals surface area contributed by atoms with Gasteiger partial charge in [0.25, 0.3) is 0 Å². The smallest absolute Gasteiger partial charge is 0.185 e. The van der Waals surface area contributed by atoms with Crippen LogP contribution in [0.1, 0.15) is 5.56 Å². The van der Waals surface area contributed by atoms with Crippen molar-refractivity contribution in [3.63, 3.8) is 0 Å². The standard InChI is InChI=1S/C16H14N2S2/c1-11-7-9-12(10-8-11)18-14-6-4-3-5-13(14)15(19)17(2)16(18)20/h3-10H,1-2H3. The Morgan fingerprint density at radius 3 is 2.25 bits per heavy atom. The number of aromatic nitrogens is 2. The third-order valence-corrected chi connectivity index (χ3v) is 4.40. The van der Waals surface area contributed by atoms with Gasteiger partial charge in [0.1, 0.15) is 4.64 Å². The number of rotatable bonds is 1. The van der Waals surface area contributed by atoms with Gasteiger partial charge in [-0.3, -0.25) is 4.57 Å². The first-order valence-electron chi connectivity index (χ1n) is 6.37. The molecule has 0 amide bonds. The Kier molecular flexibility index (Phi) is 3.28. The molecule has 0 N–H and O–H groups in total. The summed E-state index contributed by atoms with van der Waals surface area (Å²) in [5.41, 5.74) is 3.33. The molecule has 0 unspecified atom stereocenters. The second-order valence-corrected chi connectivity index (χ2v) is 5.59. The molecule has 0 aliphatic rings. The highest BCUT2D eigenvalue weighted by Crippen LogP contribution is 2.21. The van der Waals surface area contributed by atoms with Crippen molar-refractivity contribution in [2.24, 2.45) is 7.05 Å². The van der Waals surface area contributed by atoms with E-state index in [0.29, 0.717) is 4.77 Å². The number of hydrogen-bond donors (Lipinski definition) is 0. The van der Waals surface area contributed by atoms with Gasteiger partial charge in [-0.25, -0.2) is 0 Å². The summed E-state index contributed by atoms with van der Waals surface area (Å²) < 4.78 is 5.43. The topological polar surface area (TPSA) is 9.86 Å². The number of nitrogens with zero attached hydrogens (tertiary/aromatic N) is 2. The average Bonchev–Trinajstić information content (AvgIpc) is 2.47. The Labute approximate surface area is 127 Å². The molecule has 100 valence electrons. The fraction of sp³-hybridized carbons (Fsp3) is 0.125. The monoisotopic (exact) mass is 298 g/mol. The number of hydrogen-bond acceptors (Lipinski definition) is 2. The third-order valence-electron chi connectivity index (χ3n) is 3.45. The van der Waals surface area contributed by atoms with Gasteiger partial charge in [-0.05, 0) is 43.4 Å². The second kappa shape index (κ2) is 4.96. The van der Waals surface area contributed by atoms with E-state index < -0.39 is 0 Å². The van der Waals surface area contributed by atoms with Crippen molar-refractivity contribution in [3.05, 3.63) is 63.5 Å². The molecule has 0 aliphatic carbocycles. The lowest BCUT2D eigenvalue weighted by atomic mass is 10.2. The zero-order chi connectivity index (χ0) is 14.3. The highest BCUT2D eigenvalue weighted by atomic mass is 32.1. The van der Waals surface area contributed by atoms with Gasteiger partial charge in [0.15, 0.2) is 4.77 Å². The second-order valence-electron chi connectivity index (χ2n) is 4.83. The lowest BCUT2D eigenvalue weighted by Crippen LogP contribution is -2.08. The summed E-state index contributed by atoms with van der Waals surface area (Å²) in [7, 11) is 1.92. The van der Waals surface area contributed by atoms with Crippen molar-refractivity contribution in [2.75, 3.05) is 0 Å². The van der Waals surface area contributed by atoms with E-state index in [9.17, 15) is 0 Å². The number of aryl methyl sites for hydroxylation is 1. The molecule has 20 heavy (non-hydrogen) atoms. The van der Waals surface area contributed by atoms with Gasteiger partial charge in [-0.2, -0.15) is 0 Å². The molecule has 0 spiro atoms. The SMILES string of the molecule is Cc1ccc(-n2c(=S)n(C)c(=S)c3ccccc32)cc1. The number of fused-ring (bicyclic) bond motifs is 1. The normalized spacial score (nSPS) is 10.9. The predicted molar refractivity (Wildman–Crippen MR) is 88.7 cm³/mol. The maximum Gasteiger partial charge on any atom is 0.185 e. The molecule has 0 fully saturated rings. The summed E-state index contributed by atoms with van der Waals surface area (Å²) >= 11 is 11.1. The van der Waals surface area contributed by atoms with E-state index in [1.807, 2.05) is 29.8 Å². The molecular weight excluding hydrogens is 284 g/mol. The van der Waals surface area contributed by atoms with E-state index in [1.54, 1.807) is 0 Å². The maximum absolute atomic E-state index is 5.58. The Morgan fingerprint density at radius 2 is 1.55 bits per heavy atom. The molecule has 0 atom stereocenters. The highest BCUT2D eigenvalue weighted by molar-refractivity contribution is 7.72. The van der Waals surface area contributed by atoms with E-state index in [1.165, 1.54) is 5.56 Å². The van der Waals surface area contributed by atoms with Gasteiger partial charge < -0.3 is 4.57 Å². The number of para-hydroxylation sites is 1. The van der Waals surface area contributed by atoms with Crippen LogP contribution >= 0.6 is 24.4 Å². The van der Waals surface area contributed by atoms with Crippen molar-refractivity contribution in [2.45, 2.75) is 6.92 Å². The summed E-state index contributed by atoms with van der Waals surface area (Å²) in [6, 6.07) is 16.5. The van der Waals surface area contributed by atoms with Crippen molar-refractivity contribution in [1.29, 1.82) is 0 Å². The van der Waals surface area contributed by atoms with Crippen molar-refractivity contribution < 1.29 is 0 Å². The quantitative estimate of drug-likeness (QED) is 0.601. The van der Waals surface area contributed by atoms with Gasteiger partial charge >= 0.3 is 0 Å². The lowest BCUT2D eigenvalue weighted by Gasteiger charge is -2.15. The summed E-state index contributed by atoms with van der Waals surface area (Å²) in [5.74, 6) is 0. The molecule has 4 heteroatoms. The van der Waals surface area contributed by atoms with Crippen LogP contribution in [0, 0.1) is 16.3 Å². The Balaban J connectivity index is 2.50. The Hall–Kier alpha value is -1.78. The molecule has 2 aromatic carbocycles. The molecule has 0 saturated heterocycles. The van der Waals surface area contributed by atoms with Crippen LogP contribution in [0.25, 0.3) is 16.6 Å². The van der Waals surface area contributed by atoms with Gasteiger partial charge in [0.05, 0.1) is 5.52 Å². The molecule has 0 aliphatic heterocycles. The molecule has 1 heterocycles. The van der Waals surface area contributed by atoms with Crippen molar-refractivity contribution in [1.82, 2.24) is 9.13 Å². The first kappa shape index (κ1) is 13.2. The van der Waals surface area contributed by atoms with Gasteiger partial charge in [0, 0.05) is 18.1 Å². The van der Waals surface area contributed by atoms with E-state index in [4.69, 9.17) is 24.4 Å². The molecule has 0 radical (unpaired) electrons. The van der Waals surface area contributed by atoms with E-state index in [2.05, 4.69) is 41.8 Å². The fourth-order valence-electron chi connectivity index (χ4n) is 2.31. The maximum atomic E-state index is 5.58. The first-order valence-corrected chi connectivity index (χ1v) is 7.19. The van der Waals surface area contributed by atoms with Gasteiger partial charge in [0.2, 0.25) is 0 Å². The average molecular weight is 298 g/mol. The van der Waals surface area contributed by atoms with Crippen LogP contribution in [0.2, 0.25) is 0 Å². The molecule has 3 aromatic rings. The van der Waals surface area contributed by atoms with Crippen LogP contribution in [-0.2, 0) is 7.05 Å². The molecule has 0 saturated carbocycles. The minimum atomic E-state index is 0.706. The van der Waals surface area contributed by atoms with E-state index in [-0.39, 0.29) is 0 Å². The minimum absolute atomic E-state index is 0.706. The fourth-order valence-corrected chi connectivity index (χ4v) is 2.93. The zero-order valence-corrected chi connectivity index (χ0v) is 13.0. The van der Waals surface area contributed by atoms with Crippen LogP contribution < -0.4 is 0 Å². The number of benzene rings is 2. The Bertz CT molecular complexity index is 902. The molecule has 3 rings (SSSR count). The van der Waals surface area contributed by atoms with E-state index in [0.717, 1.165) is 21.2 Å². The summed E-state index contributed by atoms with van der Waals surface area (Å²) in [6.07, 6.45) is 0. The van der Waals surface area contributed by atoms with Gasteiger partial charge in [-0.1, -0.05) is 42.0 Å². The van der Waals surface area contributed by atoms with Crippen LogP contribution in [0.5, 0.6) is 0 Å². The molecule has 1 aromatic heterocycles. The summed E-state index contributed by atoms with van der Waals surface area (Å²) in [5, 5.41) is 1.04. The predicted octanol–water partition coefficient (Wildman–Crippen LogP) is 4.74. The van der Waals surface area contributed by atoms with Gasteiger partial charge in [-0.15, -0.1) is 0 Å². The van der Waals surface area contributed by atoms with Crippen molar-refractivity contribution in [3.8, 4) is 5.69 Å². The molecule has 0 bridgehead atoms. The minimum Gasteiger partial charge on any atom is -0.312 e. The van der Waals surface area contributed by atoms with Crippen LogP contribution in [0.3, 0.4) is 0 Å². The highest BCUT2D eigenvalue weighted by Gasteiger charge is 2.07. The first-order chi connectivity index (χ1) is 9.59.